The molecule has 3 aliphatic rings. The van der Waals surface area contributed by atoms with Crippen molar-refractivity contribution < 1.29 is 66.9 Å². The standard InChI is InChI=1S/C54H62FN9O14S2/c1-3-54(75)38-23-42-50-35(28-64(42)52(73)36(38)29-78-53(54)74)37(34-21-32(2)39(55)24-40(34)62-50)30-79-19-20-80-31-60-46(68)26-59-51(72)41(22-33-7-5-4-6-8-33)61-47(69)27-58-45(67)25-57-44(66)12-15-76-17-18-77-16-13-56-43(65)11-14-63-48(70)9-10-49(63)71/h4-10,21,23-24,41,75H,3,11-20,22,25-31H2,1-2H3,(H,56,65)(H,57,66)(H,58,67)(H,59,72)(H,60,68)(H,61,69)/t41-,54?/m0/s1. The van der Waals surface area contributed by atoms with Gasteiger partial charge in [-0.2, -0.15) is 11.8 Å². The van der Waals surface area contributed by atoms with E-state index in [9.17, 15) is 57.4 Å². The molecule has 23 nitrogen and oxygen atoms in total. The van der Waals surface area contributed by atoms with Crippen molar-refractivity contribution in [1.82, 2.24) is 46.4 Å². The second-order valence-electron chi connectivity index (χ2n) is 18.7. The molecule has 426 valence electrons. The fourth-order valence-corrected chi connectivity index (χ4v) is 10.8. The van der Waals surface area contributed by atoms with Crippen molar-refractivity contribution >= 4 is 87.7 Å². The Morgan fingerprint density at radius 2 is 1.48 bits per heavy atom. The van der Waals surface area contributed by atoms with Crippen molar-refractivity contribution in [2.45, 2.75) is 70.1 Å². The quantitative estimate of drug-likeness (QED) is 0.0143. The van der Waals surface area contributed by atoms with Crippen molar-refractivity contribution in [2.75, 3.05) is 76.5 Å². The highest BCUT2D eigenvalue weighted by Gasteiger charge is 2.45. The van der Waals surface area contributed by atoms with Crippen molar-refractivity contribution in [1.29, 1.82) is 0 Å². The fraction of sp³-hybridized carbons (Fsp3) is 0.426. The topological polar surface area (TPSA) is 312 Å². The first-order valence-corrected chi connectivity index (χ1v) is 28.1. The van der Waals surface area contributed by atoms with E-state index < -0.39 is 83.4 Å². The number of nitrogens with one attached hydrogen (secondary N) is 6. The van der Waals surface area contributed by atoms with Gasteiger partial charge in [-0.05, 0) is 42.2 Å². The third-order valence-electron chi connectivity index (χ3n) is 13.2. The van der Waals surface area contributed by atoms with E-state index >= 15 is 0 Å². The summed E-state index contributed by atoms with van der Waals surface area (Å²) in [7, 11) is 0. The Morgan fingerprint density at radius 1 is 0.800 bits per heavy atom. The van der Waals surface area contributed by atoms with Crippen LogP contribution in [0.25, 0.3) is 22.3 Å². The molecule has 7 rings (SSSR count). The van der Waals surface area contributed by atoms with Gasteiger partial charge in [0.05, 0.1) is 81.0 Å². The van der Waals surface area contributed by atoms with Crippen LogP contribution in [-0.2, 0) is 88.3 Å². The van der Waals surface area contributed by atoms with Crippen molar-refractivity contribution in [2.24, 2.45) is 0 Å². The predicted molar refractivity (Wildman–Crippen MR) is 292 cm³/mol. The van der Waals surface area contributed by atoms with Crippen molar-refractivity contribution in [3.05, 3.63) is 110 Å². The fourth-order valence-electron chi connectivity index (χ4n) is 8.82. The summed E-state index contributed by atoms with van der Waals surface area (Å²) in [5.41, 5.74) is 2.13. The van der Waals surface area contributed by atoms with Crippen LogP contribution < -0.4 is 37.5 Å². The molecule has 0 saturated carbocycles. The molecule has 1 unspecified atom stereocenters. The lowest BCUT2D eigenvalue weighted by Crippen LogP contribution is -2.52. The van der Waals surface area contributed by atoms with Crippen LogP contribution in [0, 0.1) is 12.7 Å². The number of hydrogen-bond donors (Lipinski definition) is 7. The summed E-state index contributed by atoms with van der Waals surface area (Å²) in [4.78, 5) is 131. The molecule has 2 aromatic heterocycles. The number of amides is 8. The molecule has 4 aromatic rings. The summed E-state index contributed by atoms with van der Waals surface area (Å²) < 4.78 is 32.4. The Labute approximate surface area is 467 Å². The second kappa shape index (κ2) is 28.6. The Kier molecular flexibility index (Phi) is 21.5. The second-order valence-corrected chi connectivity index (χ2v) is 20.9. The Bertz CT molecular complexity index is 3110. The number of nitrogens with zero attached hydrogens (tertiary/aromatic N) is 3. The molecule has 80 heavy (non-hydrogen) atoms. The van der Waals surface area contributed by atoms with E-state index in [-0.39, 0.29) is 108 Å². The summed E-state index contributed by atoms with van der Waals surface area (Å²) in [5, 5.41) is 27.4. The van der Waals surface area contributed by atoms with Crippen LogP contribution in [0.15, 0.2) is 65.5 Å². The van der Waals surface area contributed by atoms with Gasteiger partial charge in [-0.1, -0.05) is 37.3 Å². The number of aryl methyl sites for hydroxylation is 1. The zero-order valence-corrected chi connectivity index (χ0v) is 45.7. The van der Waals surface area contributed by atoms with Crippen LogP contribution in [0.5, 0.6) is 0 Å². The van der Waals surface area contributed by atoms with Gasteiger partial charge in [0.1, 0.15) is 18.5 Å². The molecule has 0 fully saturated rings. The summed E-state index contributed by atoms with van der Waals surface area (Å²) in [6.45, 7) is 2.67. The van der Waals surface area contributed by atoms with Crippen molar-refractivity contribution in [3.8, 4) is 11.4 Å². The Balaban J connectivity index is 0.778. The molecule has 0 radical (unpaired) electrons. The molecule has 0 saturated heterocycles. The maximum atomic E-state index is 14.9. The molecule has 0 bridgehead atoms. The molecule has 2 aromatic carbocycles. The molecule has 2 atom stereocenters. The number of aromatic nitrogens is 2. The number of ether oxygens (including phenoxy) is 3. The summed E-state index contributed by atoms with van der Waals surface area (Å²) in [5.74, 6) is -3.45. The van der Waals surface area contributed by atoms with E-state index in [2.05, 4.69) is 31.9 Å². The highest BCUT2D eigenvalue weighted by molar-refractivity contribution is 8.02. The molecule has 26 heteroatoms. The number of thioether (sulfide) groups is 2. The van der Waals surface area contributed by atoms with E-state index in [4.69, 9.17) is 19.2 Å². The van der Waals surface area contributed by atoms with Gasteiger partial charge < -0.3 is 55.8 Å². The summed E-state index contributed by atoms with van der Waals surface area (Å²) in [6, 6.07) is 12.5. The van der Waals surface area contributed by atoms with Crippen LogP contribution in [0.2, 0.25) is 0 Å². The summed E-state index contributed by atoms with van der Waals surface area (Å²) >= 11 is 3.05. The smallest absolute Gasteiger partial charge is 0.343 e. The maximum Gasteiger partial charge on any atom is 0.343 e. The van der Waals surface area contributed by atoms with Crippen LogP contribution in [-0.4, -0.2) is 155 Å². The molecule has 7 N–H and O–H groups in total. The van der Waals surface area contributed by atoms with Crippen LogP contribution in [0.3, 0.4) is 0 Å². The molecule has 5 heterocycles. The van der Waals surface area contributed by atoms with E-state index in [0.717, 1.165) is 39.1 Å². The van der Waals surface area contributed by atoms with Gasteiger partial charge >= 0.3 is 5.97 Å². The molecule has 0 aliphatic carbocycles. The SMILES string of the molecule is CCC1(O)C(=O)OCc2c1cc1n(c2=O)Cc2c-1nc1cc(F)c(C)cc1c2CSCCSCNC(=O)CNC(=O)[C@H](Cc1ccccc1)NC(=O)CNC(=O)CNC(=O)CCOCCOCCNC(=O)CCN1C(=O)C=CC1=O. The number of aliphatic hydroxyl groups is 1. The van der Waals surface area contributed by atoms with Gasteiger partial charge in [0.25, 0.3) is 17.4 Å². The number of fused-ring (bicyclic) bond motifs is 5. The largest absolute Gasteiger partial charge is 0.458 e. The van der Waals surface area contributed by atoms with Gasteiger partial charge in [0.2, 0.25) is 35.4 Å². The van der Waals surface area contributed by atoms with Crippen LogP contribution >= 0.6 is 23.5 Å². The normalized spacial score (nSPS) is 15.4. The lowest BCUT2D eigenvalue weighted by atomic mass is 9.86. The number of esters is 1. The number of carbonyl (C=O) groups excluding carboxylic acids is 9. The molecule has 3 aliphatic heterocycles. The highest BCUT2D eigenvalue weighted by Crippen LogP contribution is 2.41. The summed E-state index contributed by atoms with van der Waals surface area (Å²) in [6.07, 6.45) is 2.28. The lowest BCUT2D eigenvalue weighted by molar-refractivity contribution is -0.172. The van der Waals surface area contributed by atoms with E-state index in [1.807, 2.05) is 0 Å². The maximum absolute atomic E-state index is 14.9. The number of imide groups is 1. The monoisotopic (exact) mass is 1140 g/mol. The number of cyclic esters (lactones) is 1. The average Bonchev–Trinajstić information content (AvgIpc) is 4.13. The predicted octanol–water partition coefficient (Wildman–Crippen LogP) is 0.498. The van der Waals surface area contributed by atoms with E-state index in [0.29, 0.717) is 39.7 Å². The van der Waals surface area contributed by atoms with Crippen LogP contribution in [0.4, 0.5) is 4.39 Å². The van der Waals surface area contributed by atoms with Crippen LogP contribution in [0.1, 0.15) is 59.6 Å². The Morgan fingerprint density at radius 3 is 2.23 bits per heavy atom. The number of halogens is 1. The first-order valence-electron chi connectivity index (χ1n) is 25.8. The van der Waals surface area contributed by atoms with Gasteiger partial charge in [-0.25, -0.2) is 14.2 Å². The third-order valence-corrected chi connectivity index (χ3v) is 15.3. The Hall–Kier alpha value is -7.52. The zero-order chi connectivity index (χ0) is 57.3. The van der Waals surface area contributed by atoms with E-state index in [1.54, 1.807) is 72.6 Å². The van der Waals surface area contributed by atoms with E-state index in [1.165, 1.54) is 17.8 Å². The average molecular weight is 1140 g/mol. The van der Waals surface area contributed by atoms with Crippen molar-refractivity contribution in [3.63, 3.8) is 0 Å². The molecule has 0 spiro atoms. The number of carbonyl (C=O) groups is 9. The van der Waals surface area contributed by atoms with Gasteiger partial charge in [0, 0.05) is 84.3 Å². The minimum atomic E-state index is -1.99. The number of rotatable bonds is 30. The molecular weight excluding hydrogens is 1080 g/mol. The minimum Gasteiger partial charge on any atom is -0.458 e. The zero-order valence-electron chi connectivity index (χ0n) is 44.1. The minimum absolute atomic E-state index is 0.00488. The molecule has 8 amide bonds. The van der Waals surface area contributed by atoms with Gasteiger partial charge in [-0.15, -0.1) is 11.8 Å². The van der Waals surface area contributed by atoms with Gasteiger partial charge in [0.15, 0.2) is 5.60 Å². The van der Waals surface area contributed by atoms with Gasteiger partial charge in [-0.3, -0.25) is 48.1 Å². The highest BCUT2D eigenvalue weighted by atomic mass is 32.2. The lowest BCUT2D eigenvalue weighted by Gasteiger charge is -2.31. The number of hydrogen-bond acceptors (Lipinski definition) is 17. The number of pyridine rings is 2. The first-order chi connectivity index (χ1) is 38.5. The third kappa shape index (κ3) is 15.6. The molecular formula is C54H62FN9O14S2. The first kappa shape index (κ1) is 60.1. The number of benzene rings is 2.